The summed E-state index contributed by atoms with van der Waals surface area (Å²) in [6.07, 6.45) is 0. The molecule has 70 valence electrons. The van der Waals surface area contributed by atoms with Crippen LogP contribution in [0.25, 0.3) is 10.9 Å². The second kappa shape index (κ2) is 4.13. The molecule has 13 heavy (non-hydrogen) atoms. The molecule has 0 aliphatic carbocycles. The van der Waals surface area contributed by atoms with E-state index in [4.69, 9.17) is 0 Å². The van der Waals surface area contributed by atoms with Gasteiger partial charge in [0, 0.05) is 16.6 Å². The lowest BCUT2D eigenvalue weighted by atomic mass is 10.1. The zero-order valence-electron chi connectivity index (χ0n) is 8.81. The highest BCUT2D eigenvalue weighted by Crippen LogP contribution is 2.18. The smallest absolute Gasteiger partial charge is 0.0458 e. The number of rotatable bonds is 0. The molecule has 1 heteroatoms. The summed E-state index contributed by atoms with van der Waals surface area (Å²) in [5.41, 5.74) is 3.81. The van der Waals surface area contributed by atoms with Gasteiger partial charge in [0.2, 0.25) is 0 Å². The minimum absolute atomic E-state index is 1.23. The largest absolute Gasteiger partial charge is 0.359 e. The monoisotopic (exact) mass is 175 g/mol. The van der Waals surface area contributed by atoms with E-state index in [0.29, 0.717) is 0 Å². The molecule has 1 nitrogen and oxygen atoms in total. The van der Waals surface area contributed by atoms with Crippen molar-refractivity contribution in [2.45, 2.75) is 27.7 Å². The molecule has 0 radical (unpaired) electrons. The Labute approximate surface area is 79.8 Å². The highest BCUT2D eigenvalue weighted by molar-refractivity contribution is 5.83. The van der Waals surface area contributed by atoms with Crippen molar-refractivity contribution in [2.75, 3.05) is 0 Å². The van der Waals surface area contributed by atoms with Crippen LogP contribution in [-0.2, 0) is 0 Å². The Morgan fingerprint density at radius 3 is 2.38 bits per heavy atom. The van der Waals surface area contributed by atoms with Gasteiger partial charge in [-0.2, -0.15) is 0 Å². The quantitative estimate of drug-likeness (QED) is 0.626. The highest BCUT2D eigenvalue weighted by atomic mass is 14.7. The molecule has 2 aromatic rings. The fourth-order valence-corrected chi connectivity index (χ4v) is 1.45. The van der Waals surface area contributed by atoms with Gasteiger partial charge in [-0.05, 0) is 31.5 Å². The molecule has 1 aromatic heterocycles. The summed E-state index contributed by atoms with van der Waals surface area (Å²) in [4.78, 5) is 3.30. The Hall–Kier alpha value is -1.24. The van der Waals surface area contributed by atoms with E-state index in [1.807, 2.05) is 13.8 Å². The lowest BCUT2D eigenvalue weighted by molar-refractivity contribution is 1.30. The van der Waals surface area contributed by atoms with Crippen LogP contribution in [0.1, 0.15) is 25.1 Å². The van der Waals surface area contributed by atoms with Crippen molar-refractivity contribution in [1.82, 2.24) is 4.98 Å². The average molecular weight is 175 g/mol. The molecule has 1 aromatic carbocycles. The van der Waals surface area contributed by atoms with Gasteiger partial charge in [0.25, 0.3) is 0 Å². The van der Waals surface area contributed by atoms with Gasteiger partial charge in [0.05, 0.1) is 0 Å². The Morgan fingerprint density at radius 2 is 1.77 bits per heavy atom. The van der Waals surface area contributed by atoms with Gasteiger partial charge in [-0.15, -0.1) is 0 Å². The Bertz CT molecular complexity index is 385. The second-order valence-corrected chi connectivity index (χ2v) is 2.99. The van der Waals surface area contributed by atoms with E-state index in [1.165, 1.54) is 22.2 Å². The standard InChI is InChI=1S/C10H11N.C2H6/c1-7-4-3-5-10-9(7)6-8(2)11-10;1-2/h3-6,11H,1-2H3;1-2H3. The number of benzene rings is 1. The van der Waals surface area contributed by atoms with E-state index in [1.54, 1.807) is 0 Å². The van der Waals surface area contributed by atoms with Gasteiger partial charge in [-0.25, -0.2) is 0 Å². The van der Waals surface area contributed by atoms with Gasteiger partial charge < -0.3 is 4.98 Å². The van der Waals surface area contributed by atoms with Crippen LogP contribution in [0.5, 0.6) is 0 Å². The number of hydrogen-bond donors (Lipinski definition) is 1. The van der Waals surface area contributed by atoms with Crippen LogP contribution in [0.4, 0.5) is 0 Å². The normalized spacial score (nSPS) is 9.54. The molecule has 0 aliphatic heterocycles. The van der Waals surface area contributed by atoms with Gasteiger partial charge in [-0.1, -0.05) is 26.0 Å². The molecular formula is C12H17N. The summed E-state index contributed by atoms with van der Waals surface area (Å²) in [5, 5.41) is 1.34. The summed E-state index contributed by atoms with van der Waals surface area (Å²) in [7, 11) is 0. The third-order valence-electron chi connectivity index (χ3n) is 2.02. The van der Waals surface area contributed by atoms with Crippen molar-refractivity contribution < 1.29 is 0 Å². The maximum absolute atomic E-state index is 3.30. The number of aryl methyl sites for hydroxylation is 2. The predicted octanol–water partition coefficient (Wildman–Crippen LogP) is 3.81. The highest BCUT2D eigenvalue weighted by Gasteiger charge is 1.97. The van der Waals surface area contributed by atoms with E-state index in [9.17, 15) is 0 Å². The van der Waals surface area contributed by atoms with Crippen LogP contribution < -0.4 is 0 Å². The molecule has 0 fully saturated rings. The molecule has 0 spiro atoms. The Morgan fingerprint density at radius 1 is 1.08 bits per heavy atom. The third-order valence-corrected chi connectivity index (χ3v) is 2.02. The third kappa shape index (κ3) is 1.92. The number of H-pyrrole nitrogens is 1. The molecular weight excluding hydrogens is 158 g/mol. The van der Waals surface area contributed by atoms with Crippen LogP contribution >= 0.6 is 0 Å². The number of aromatic amines is 1. The van der Waals surface area contributed by atoms with Gasteiger partial charge in [0.1, 0.15) is 0 Å². The van der Waals surface area contributed by atoms with Gasteiger partial charge in [-0.3, -0.25) is 0 Å². The van der Waals surface area contributed by atoms with Crippen LogP contribution in [0.2, 0.25) is 0 Å². The second-order valence-electron chi connectivity index (χ2n) is 2.99. The van der Waals surface area contributed by atoms with Crippen molar-refractivity contribution in [3.05, 3.63) is 35.5 Å². The molecule has 0 bridgehead atoms. The molecule has 2 rings (SSSR count). The minimum atomic E-state index is 1.23. The first kappa shape index (κ1) is 9.85. The first-order valence-electron chi connectivity index (χ1n) is 4.82. The lowest BCUT2D eigenvalue weighted by Crippen LogP contribution is -1.71. The van der Waals surface area contributed by atoms with E-state index in [2.05, 4.69) is 43.1 Å². The molecule has 1 N–H and O–H groups in total. The van der Waals surface area contributed by atoms with E-state index in [-0.39, 0.29) is 0 Å². The molecule has 0 aliphatic rings. The molecule has 0 saturated carbocycles. The fraction of sp³-hybridized carbons (Fsp3) is 0.333. The molecule has 0 amide bonds. The first-order valence-corrected chi connectivity index (χ1v) is 4.82. The van der Waals surface area contributed by atoms with Crippen LogP contribution in [0, 0.1) is 13.8 Å². The first-order chi connectivity index (χ1) is 6.27. The van der Waals surface area contributed by atoms with Crippen LogP contribution in [0.15, 0.2) is 24.3 Å². The van der Waals surface area contributed by atoms with E-state index < -0.39 is 0 Å². The Kier molecular flexibility index (Phi) is 3.13. The maximum Gasteiger partial charge on any atom is 0.0458 e. The lowest BCUT2D eigenvalue weighted by Gasteiger charge is -1.92. The summed E-state index contributed by atoms with van der Waals surface area (Å²) >= 11 is 0. The van der Waals surface area contributed by atoms with E-state index in [0.717, 1.165) is 0 Å². The van der Waals surface area contributed by atoms with Gasteiger partial charge in [0.15, 0.2) is 0 Å². The van der Waals surface area contributed by atoms with Crippen molar-refractivity contribution in [1.29, 1.82) is 0 Å². The van der Waals surface area contributed by atoms with Gasteiger partial charge >= 0.3 is 0 Å². The topological polar surface area (TPSA) is 15.8 Å². The number of hydrogen-bond acceptors (Lipinski definition) is 0. The molecule has 0 unspecified atom stereocenters. The molecule has 0 saturated heterocycles. The predicted molar refractivity (Wildman–Crippen MR) is 59.1 cm³/mol. The zero-order chi connectivity index (χ0) is 9.84. The van der Waals surface area contributed by atoms with Crippen molar-refractivity contribution in [2.24, 2.45) is 0 Å². The molecule has 1 heterocycles. The zero-order valence-corrected chi connectivity index (χ0v) is 8.81. The number of nitrogens with one attached hydrogen (secondary N) is 1. The summed E-state index contributed by atoms with van der Waals surface area (Å²) in [6, 6.07) is 8.50. The van der Waals surface area contributed by atoms with Crippen LogP contribution in [0.3, 0.4) is 0 Å². The summed E-state index contributed by atoms with van der Waals surface area (Å²) in [6.45, 7) is 8.22. The summed E-state index contributed by atoms with van der Waals surface area (Å²) < 4.78 is 0. The van der Waals surface area contributed by atoms with Crippen LogP contribution in [-0.4, -0.2) is 4.98 Å². The Balaban J connectivity index is 0.000000396. The van der Waals surface area contributed by atoms with Crippen molar-refractivity contribution >= 4 is 10.9 Å². The maximum atomic E-state index is 3.30. The number of fused-ring (bicyclic) bond motifs is 1. The SMILES string of the molecule is CC.Cc1cc2c(C)cccc2[nH]1. The summed E-state index contributed by atoms with van der Waals surface area (Å²) in [5.74, 6) is 0. The number of aromatic nitrogens is 1. The van der Waals surface area contributed by atoms with Crippen molar-refractivity contribution in [3.8, 4) is 0 Å². The molecule has 0 atom stereocenters. The van der Waals surface area contributed by atoms with E-state index >= 15 is 0 Å². The van der Waals surface area contributed by atoms with Crippen molar-refractivity contribution in [3.63, 3.8) is 0 Å². The average Bonchev–Trinajstić information content (AvgIpc) is 2.51. The minimum Gasteiger partial charge on any atom is -0.359 e. The fourth-order valence-electron chi connectivity index (χ4n) is 1.45.